The van der Waals surface area contributed by atoms with Crippen LogP contribution in [0.5, 0.6) is 0 Å². The van der Waals surface area contributed by atoms with Crippen LogP contribution in [0, 0.1) is 5.92 Å². The average Bonchev–Trinajstić information content (AvgIpc) is 2.62. The summed E-state index contributed by atoms with van der Waals surface area (Å²) < 4.78 is 2.34. The molecule has 0 N–H and O–H groups in total. The van der Waals surface area contributed by atoms with Crippen molar-refractivity contribution in [2.45, 2.75) is 31.4 Å². The molecule has 1 unspecified atom stereocenters. The van der Waals surface area contributed by atoms with Crippen LogP contribution in [0.25, 0.3) is 0 Å². The monoisotopic (exact) mass is 370 g/mol. The lowest BCUT2D eigenvalue weighted by Crippen LogP contribution is -2.57. The summed E-state index contributed by atoms with van der Waals surface area (Å²) in [6.07, 6.45) is 3.80. The first kappa shape index (κ1) is 17.9. The van der Waals surface area contributed by atoms with Gasteiger partial charge in [0.1, 0.15) is 0 Å². The zero-order valence-electron chi connectivity index (χ0n) is 14.7. The van der Waals surface area contributed by atoms with Crippen molar-refractivity contribution in [3.8, 4) is 0 Å². The Bertz CT molecular complexity index is 640. The molecule has 1 heterocycles. The molecule has 3 heteroatoms. The minimum absolute atomic E-state index is 0.698. The molecule has 1 aliphatic rings. The summed E-state index contributed by atoms with van der Waals surface area (Å²) in [5.41, 5.74) is 0. The van der Waals surface area contributed by atoms with Gasteiger partial charge in [0.25, 0.3) is 0 Å². The van der Waals surface area contributed by atoms with Gasteiger partial charge < -0.3 is 0 Å². The van der Waals surface area contributed by atoms with E-state index in [1.807, 2.05) is 0 Å². The maximum absolute atomic E-state index is 2.53. The molecule has 2 aromatic rings. The molecule has 126 valence electrons. The van der Waals surface area contributed by atoms with Crippen LogP contribution >= 0.6 is 23.5 Å². The molecule has 0 spiro atoms. The van der Waals surface area contributed by atoms with Gasteiger partial charge in [0, 0.05) is 5.75 Å². The van der Waals surface area contributed by atoms with Gasteiger partial charge in [-0.25, -0.2) is 0 Å². The highest BCUT2D eigenvalue weighted by Crippen LogP contribution is 2.42. The van der Waals surface area contributed by atoms with Gasteiger partial charge in [-0.05, 0) is 27.2 Å². The molecular weight excluding hydrogens is 344 g/mol. The molecule has 0 radical (unpaired) electrons. The van der Waals surface area contributed by atoms with E-state index in [0.29, 0.717) is 4.58 Å². The molecule has 0 saturated carbocycles. The van der Waals surface area contributed by atoms with Crippen LogP contribution in [-0.2, 0) is 0 Å². The van der Waals surface area contributed by atoms with Gasteiger partial charge >= 0.3 is 0 Å². The van der Waals surface area contributed by atoms with Gasteiger partial charge in [-0.3, -0.25) is 0 Å². The summed E-state index contributed by atoms with van der Waals surface area (Å²) in [5, 5.41) is 3.04. The third-order valence-electron chi connectivity index (χ3n) is 4.67. The van der Waals surface area contributed by atoms with Gasteiger partial charge in [0.2, 0.25) is 0 Å². The van der Waals surface area contributed by atoms with Crippen molar-refractivity contribution in [3.63, 3.8) is 0 Å². The fourth-order valence-corrected chi connectivity index (χ4v) is 11.8. The van der Waals surface area contributed by atoms with E-state index in [0.717, 1.165) is 11.7 Å². The Morgan fingerprint density at radius 3 is 2.00 bits per heavy atom. The van der Waals surface area contributed by atoms with Gasteiger partial charge in [0.05, 0.1) is 4.58 Å². The molecule has 24 heavy (non-hydrogen) atoms. The summed E-state index contributed by atoms with van der Waals surface area (Å²) in [7, 11) is -1.88. The Labute approximate surface area is 156 Å². The minimum atomic E-state index is -1.88. The largest absolute Gasteiger partial charge is 0.152 e. The Morgan fingerprint density at radius 2 is 1.50 bits per heavy atom. The molecule has 0 fully saturated rings. The molecule has 0 bridgehead atoms. The van der Waals surface area contributed by atoms with E-state index in [1.165, 1.54) is 16.8 Å². The highest BCUT2D eigenvalue weighted by Gasteiger charge is 2.38. The van der Waals surface area contributed by atoms with Crippen LogP contribution in [0.1, 0.15) is 20.3 Å². The van der Waals surface area contributed by atoms with Crippen LogP contribution in [0.15, 0.2) is 71.3 Å². The van der Waals surface area contributed by atoms with Gasteiger partial charge in [0.15, 0.2) is 8.07 Å². The third-order valence-corrected chi connectivity index (χ3v) is 12.9. The van der Waals surface area contributed by atoms with E-state index in [-0.39, 0.29) is 0 Å². The molecule has 0 amide bonds. The molecule has 0 aliphatic carbocycles. The Hall–Kier alpha value is -0.903. The Balaban J connectivity index is 2.01. The van der Waals surface area contributed by atoms with Crippen LogP contribution in [0.2, 0.25) is 6.55 Å². The number of thioether (sulfide) groups is 2. The lowest BCUT2D eigenvalue weighted by Gasteiger charge is -2.35. The molecule has 0 saturated heterocycles. The predicted molar refractivity (Wildman–Crippen MR) is 115 cm³/mol. The number of hydrogen-bond donors (Lipinski definition) is 0. The van der Waals surface area contributed by atoms with Crippen molar-refractivity contribution in [2.24, 2.45) is 5.92 Å². The van der Waals surface area contributed by atoms with Gasteiger partial charge in [-0.1, -0.05) is 87.1 Å². The first-order chi connectivity index (χ1) is 11.6. The predicted octanol–water partition coefficient (Wildman–Crippen LogP) is 5.15. The molecule has 3 rings (SSSR count). The first-order valence-electron chi connectivity index (χ1n) is 8.70. The second kappa shape index (κ2) is 7.98. The van der Waals surface area contributed by atoms with Crippen molar-refractivity contribution in [3.05, 3.63) is 71.3 Å². The lowest BCUT2D eigenvalue weighted by molar-refractivity contribution is 0.620. The van der Waals surface area contributed by atoms with E-state index >= 15 is 0 Å². The van der Waals surface area contributed by atoms with E-state index in [1.54, 1.807) is 4.53 Å². The maximum atomic E-state index is 2.53. The zero-order valence-corrected chi connectivity index (χ0v) is 17.4. The second-order valence-electron chi connectivity index (χ2n) is 6.94. The normalized spacial score (nSPS) is 18.5. The van der Waals surface area contributed by atoms with Crippen molar-refractivity contribution >= 4 is 42.0 Å². The van der Waals surface area contributed by atoms with Crippen molar-refractivity contribution in [1.82, 2.24) is 0 Å². The Kier molecular flexibility index (Phi) is 5.96. The number of rotatable bonds is 5. The average molecular weight is 371 g/mol. The summed E-state index contributed by atoms with van der Waals surface area (Å²) in [5.74, 6) is 1.91. The molecule has 1 atom stereocenters. The smallest absolute Gasteiger partial charge is 0.143 e. The second-order valence-corrected chi connectivity index (χ2v) is 14.0. The molecule has 1 aliphatic heterocycles. The first-order valence-corrected chi connectivity index (χ1v) is 13.1. The van der Waals surface area contributed by atoms with Gasteiger partial charge in [-0.2, -0.15) is 0 Å². The molecular formula is C21H26S2Si. The summed E-state index contributed by atoms with van der Waals surface area (Å²) in [4.78, 5) is 0. The zero-order chi connectivity index (χ0) is 17.0. The van der Waals surface area contributed by atoms with Crippen LogP contribution in [0.4, 0.5) is 0 Å². The fraction of sp³-hybridized carbons (Fsp3) is 0.333. The van der Waals surface area contributed by atoms with E-state index < -0.39 is 8.07 Å². The van der Waals surface area contributed by atoms with Crippen molar-refractivity contribution in [2.75, 3.05) is 5.75 Å². The number of benzene rings is 2. The Morgan fingerprint density at radius 1 is 0.958 bits per heavy atom. The van der Waals surface area contributed by atoms with Crippen LogP contribution < -0.4 is 10.4 Å². The third kappa shape index (κ3) is 3.84. The van der Waals surface area contributed by atoms with Gasteiger partial charge in [-0.15, -0.1) is 23.5 Å². The van der Waals surface area contributed by atoms with Crippen molar-refractivity contribution < 1.29 is 0 Å². The minimum Gasteiger partial charge on any atom is -0.143 e. The van der Waals surface area contributed by atoms with E-state index in [9.17, 15) is 0 Å². The SMILES string of the molecule is CC(C)CC1SCC=C([Si](C)(c2ccccc2)c2ccccc2)S1. The topological polar surface area (TPSA) is 0 Å². The quantitative estimate of drug-likeness (QED) is 0.667. The fourth-order valence-electron chi connectivity index (χ4n) is 3.27. The molecule has 0 nitrogen and oxygen atoms in total. The summed E-state index contributed by atoms with van der Waals surface area (Å²) >= 11 is 4.25. The molecule has 2 aromatic carbocycles. The maximum Gasteiger partial charge on any atom is 0.152 e. The summed E-state index contributed by atoms with van der Waals surface area (Å²) in [6.45, 7) is 7.20. The molecule has 0 aromatic heterocycles. The number of hydrogen-bond acceptors (Lipinski definition) is 2. The van der Waals surface area contributed by atoms with E-state index in [4.69, 9.17) is 0 Å². The van der Waals surface area contributed by atoms with E-state index in [2.05, 4.69) is 111 Å². The van der Waals surface area contributed by atoms with Crippen LogP contribution in [0.3, 0.4) is 0 Å². The highest BCUT2D eigenvalue weighted by molar-refractivity contribution is 8.20. The highest BCUT2D eigenvalue weighted by atomic mass is 32.2. The van der Waals surface area contributed by atoms with Crippen LogP contribution in [-0.4, -0.2) is 18.4 Å². The lowest BCUT2D eigenvalue weighted by atomic mass is 10.2. The summed E-state index contributed by atoms with van der Waals surface area (Å²) in [6, 6.07) is 22.4. The standard InChI is InChI=1S/C21H26S2Si/c1-17(2)16-20-22-15-14-21(23-20)24(3,18-10-6-4-7-11-18)19-12-8-5-9-13-19/h4-14,17,20H,15-16H2,1-3H3. The van der Waals surface area contributed by atoms with Crippen molar-refractivity contribution in [1.29, 1.82) is 0 Å².